The van der Waals surface area contributed by atoms with E-state index in [1.807, 2.05) is 25.1 Å². The number of piperidine rings is 1. The molecule has 2 atom stereocenters. The van der Waals surface area contributed by atoms with Crippen molar-refractivity contribution in [2.45, 2.75) is 32.2 Å². The highest BCUT2D eigenvalue weighted by Crippen LogP contribution is 2.14. The Morgan fingerprint density at radius 2 is 2.26 bits per heavy atom. The first-order valence-corrected chi connectivity index (χ1v) is 7.70. The first-order chi connectivity index (χ1) is 11.0. The molecule has 1 aromatic heterocycles. The van der Waals surface area contributed by atoms with E-state index in [0.29, 0.717) is 18.8 Å². The van der Waals surface area contributed by atoms with Crippen molar-refractivity contribution >= 4 is 16.9 Å². The molecule has 1 aliphatic rings. The van der Waals surface area contributed by atoms with Gasteiger partial charge in [-0.05, 0) is 31.0 Å². The van der Waals surface area contributed by atoms with Crippen LogP contribution < -0.4 is 0 Å². The number of hydrogen-bond donors (Lipinski definition) is 3. The van der Waals surface area contributed by atoms with Crippen molar-refractivity contribution in [3.05, 3.63) is 29.6 Å². The number of H-pyrrole nitrogens is 1. The Labute approximate surface area is 133 Å². The highest BCUT2D eigenvalue weighted by atomic mass is 16.5. The van der Waals surface area contributed by atoms with Gasteiger partial charge >= 0.3 is 0 Å². The summed E-state index contributed by atoms with van der Waals surface area (Å²) in [7, 11) is 0. The maximum absolute atomic E-state index is 12.0. The number of ether oxygens (including phenoxy) is 1. The molecule has 0 bridgehead atoms. The van der Waals surface area contributed by atoms with Crippen LogP contribution in [0, 0.1) is 6.92 Å². The van der Waals surface area contributed by atoms with Crippen LogP contribution in [0.3, 0.4) is 0 Å². The molecule has 124 valence electrons. The summed E-state index contributed by atoms with van der Waals surface area (Å²) >= 11 is 0. The third-order valence-electron chi connectivity index (χ3n) is 4.05. The van der Waals surface area contributed by atoms with E-state index < -0.39 is 12.2 Å². The van der Waals surface area contributed by atoms with E-state index in [1.54, 1.807) is 0 Å². The van der Waals surface area contributed by atoms with E-state index in [9.17, 15) is 15.0 Å². The first kappa shape index (κ1) is 15.9. The number of carbonyl (C=O) groups is 1. The number of benzene rings is 1. The molecule has 1 fully saturated rings. The molecular formula is C16H21N3O4. The Balaban J connectivity index is 1.51. The number of aliphatic hydroxyl groups is 2. The molecule has 2 aromatic rings. The number of likely N-dealkylation sites (tertiary alicyclic amines) is 1. The second kappa shape index (κ2) is 6.66. The summed E-state index contributed by atoms with van der Waals surface area (Å²) in [6.07, 6.45) is -1.25. The summed E-state index contributed by atoms with van der Waals surface area (Å²) in [6, 6.07) is 5.95. The standard InChI is InChI=1S/C16H21N3O4/c1-10-2-3-11-12(6-10)18-15(17-11)8-23-9-16(22)19-5-4-13(20)14(21)7-19/h2-3,6,13-14,20-21H,4-5,7-9H2,1H3,(H,17,18)/t13-,14-/m0/s1. The number of rotatable bonds is 4. The third-order valence-corrected chi connectivity index (χ3v) is 4.05. The van der Waals surface area contributed by atoms with Gasteiger partial charge in [-0.25, -0.2) is 4.98 Å². The molecule has 0 spiro atoms. The number of β-amino-alcohol motifs (C(OH)–C–C–N with tert-alkyl or cyclic N) is 1. The minimum absolute atomic E-state index is 0.0705. The number of carbonyl (C=O) groups excluding carboxylic acids is 1. The van der Waals surface area contributed by atoms with Crippen molar-refractivity contribution in [2.24, 2.45) is 0 Å². The monoisotopic (exact) mass is 319 g/mol. The van der Waals surface area contributed by atoms with Gasteiger partial charge in [0.2, 0.25) is 5.91 Å². The number of amides is 1. The zero-order valence-electron chi connectivity index (χ0n) is 13.0. The minimum atomic E-state index is -0.883. The van der Waals surface area contributed by atoms with Crippen LogP contribution in [0.5, 0.6) is 0 Å². The van der Waals surface area contributed by atoms with Crippen molar-refractivity contribution < 1.29 is 19.7 Å². The minimum Gasteiger partial charge on any atom is -0.390 e. The number of aromatic nitrogens is 2. The molecule has 0 aliphatic carbocycles. The zero-order chi connectivity index (χ0) is 16.4. The van der Waals surface area contributed by atoms with Gasteiger partial charge in [-0.2, -0.15) is 0 Å². The highest BCUT2D eigenvalue weighted by Gasteiger charge is 2.28. The lowest BCUT2D eigenvalue weighted by Gasteiger charge is -2.33. The number of aryl methyl sites for hydroxylation is 1. The predicted molar refractivity (Wildman–Crippen MR) is 83.7 cm³/mol. The quantitative estimate of drug-likeness (QED) is 0.755. The van der Waals surface area contributed by atoms with Crippen molar-refractivity contribution in [3.8, 4) is 0 Å². The zero-order valence-corrected chi connectivity index (χ0v) is 13.0. The van der Waals surface area contributed by atoms with Crippen molar-refractivity contribution in [2.75, 3.05) is 19.7 Å². The lowest BCUT2D eigenvalue weighted by Crippen LogP contribution is -2.49. The number of aliphatic hydroxyl groups excluding tert-OH is 2. The van der Waals surface area contributed by atoms with Crippen LogP contribution in [0.1, 0.15) is 17.8 Å². The number of hydrogen-bond acceptors (Lipinski definition) is 5. The summed E-state index contributed by atoms with van der Waals surface area (Å²) in [6.45, 7) is 2.74. The van der Waals surface area contributed by atoms with Gasteiger partial charge in [-0.3, -0.25) is 4.79 Å². The maximum Gasteiger partial charge on any atom is 0.248 e. The SMILES string of the molecule is Cc1ccc2nc(COCC(=O)N3CC[C@H](O)[C@@H](O)C3)[nH]c2c1. The van der Waals surface area contributed by atoms with Gasteiger partial charge < -0.3 is 24.8 Å². The summed E-state index contributed by atoms with van der Waals surface area (Å²) in [4.78, 5) is 21.1. The van der Waals surface area contributed by atoms with E-state index >= 15 is 0 Å². The number of imidazole rings is 1. The average molecular weight is 319 g/mol. The van der Waals surface area contributed by atoms with Crippen LogP contribution in [-0.2, 0) is 16.1 Å². The number of nitrogens with zero attached hydrogens (tertiary/aromatic N) is 2. The largest absolute Gasteiger partial charge is 0.390 e. The number of aromatic amines is 1. The molecule has 3 rings (SSSR count). The van der Waals surface area contributed by atoms with Crippen LogP contribution in [0.4, 0.5) is 0 Å². The first-order valence-electron chi connectivity index (χ1n) is 7.70. The van der Waals surface area contributed by atoms with E-state index in [-0.39, 0.29) is 25.7 Å². The van der Waals surface area contributed by atoms with Crippen LogP contribution in [0.15, 0.2) is 18.2 Å². The molecule has 2 heterocycles. The molecule has 7 heteroatoms. The molecule has 1 aliphatic heterocycles. The van der Waals surface area contributed by atoms with Gasteiger partial charge in [0.05, 0.1) is 23.2 Å². The lowest BCUT2D eigenvalue weighted by molar-refractivity contribution is -0.143. The van der Waals surface area contributed by atoms with Crippen molar-refractivity contribution in [1.29, 1.82) is 0 Å². The van der Waals surface area contributed by atoms with E-state index in [4.69, 9.17) is 4.74 Å². The van der Waals surface area contributed by atoms with Gasteiger partial charge in [0, 0.05) is 13.1 Å². The second-order valence-electron chi connectivity index (χ2n) is 5.96. The van der Waals surface area contributed by atoms with Crippen molar-refractivity contribution in [3.63, 3.8) is 0 Å². The van der Waals surface area contributed by atoms with Gasteiger partial charge in [0.15, 0.2) is 0 Å². The number of fused-ring (bicyclic) bond motifs is 1. The molecule has 0 radical (unpaired) electrons. The van der Waals surface area contributed by atoms with E-state index in [0.717, 1.165) is 16.6 Å². The Bertz CT molecular complexity index is 700. The molecule has 0 unspecified atom stereocenters. The molecule has 23 heavy (non-hydrogen) atoms. The van der Waals surface area contributed by atoms with Gasteiger partial charge in [0.1, 0.15) is 19.0 Å². The second-order valence-corrected chi connectivity index (χ2v) is 5.96. The molecule has 1 saturated heterocycles. The third kappa shape index (κ3) is 3.69. The summed E-state index contributed by atoms with van der Waals surface area (Å²) in [5.41, 5.74) is 2.96. The average Bonchev–Trinajstić information content (AvgIpc) is 2.91. The normalized spacial score (nSPS) is 21.8. The van der Waals surface area contributed by atoms with Crippen LogP contribution in [0.2, 0.25) is 0 Å². The van der Waals surface area contributed by atoms with Crippen molar-refractivity contribution in [1.82, 2.24) is 14.9 Å². The van der Waals surface area contributed by atoms with Gasteiger partial charge in [-0.15, -0.1) is 0 Å². The summed E-state index contributed by atoms with van der Waals surface area (Å²) in [5, 5.41) is 19.1. The molecule has 7 nitrogen and oxygen atoms in total. The Hall–Kier alpha value is -1.96. The van der Waals surface area contributed by atoms with E-state index in [2.05, 4.69) is 9.97 Å². The topological polar surface area (TPSA) is 98.7 Å². The fraction of sp³-hybridized carbons (Fsp3) is 0.500. The lowest BCUT2D eigenvalue weighted by atomic mass is 10.1. The molecule has 1 amide bonds. The van der Waals surface area contributed by atoms with Gasteiger partial charge in [-0.1, -0.05) is 6.07 Å². The smallest absolute Gasteiger partial charge is 0.248 e. The fourth-order valence-corrected chi connectivity index (χ4v) is 2.72. The van der Waals surface area contributed by atoms with E-state index in [1.165, 1.54) is 4.90 Å². The van der Waals surface area contributed by atoms with Crippen LogP contribution >= 0.6 is 0 Å². The van der Waals surface area contributed by atoms with Crippen LogP contribution in [-0.4, -0.2) is 62.9 Å². The molecule has 0 saturated carbocycles. The van der Waals surface area contributed by atoms with Gasteiger partial charge in [0.25, 0.3) is 0 Å². The summed E-state index contributed by atoms with van der Waals surface area (Å²) in [5.74, 6) is 0.482. The van der Waals surface area contributed by atoms with Crippen LogP contribution in [0.25, 0.3) is 11.0 Å². The Kier molecular flexibility index (Phi) is 4.61. The predicted octanol–water partition coefficient (Wildman–Crippen LogP) is 0.342. The summed E-state index contributed by atoms with van der Waals surface area (Å²) < 4.78 is 5.43. The Morgan fingerprint density at radius 1 is 1.43 bits per heavy atom. The molecular weight excluding hydrogens is 298 g/mol. The Morgan fingerprint density at radius 3 is 3.04 bits per heavy atom. The maximum atomic E-state index is 12.0. The fourth-order valence-electron chi connectivity index (χ4n) is 2.72. The number of nitrogens with one attached hydrogen (secondary N) is 1. The molecule has 3 N–H and O–H groups in total. The molecule has 1 aromatic carbocycles. The highest BCUT2D eigenvalue weighted by molar-refractivity contribution is 5.77.